The molecule has 0 spiro atoms. The van der Waals surface area contributed by atoms with Crippen LogP contribution >= 0.6 is 0 Å². The molecule has 0 bridgehead atoms. The summed E-state index contributed by atoms with van der Waals surface area (Å²) in [6, 6.07) is 0. The van der Waals surface area contributed by atoms with Gasteiger partial charge in [0.1, 0.15) is 0 Å². The number of amides is 1. The van der Waals surface area contributed by atoms with E-state index in [1.54, 1.807) is 11.6 Å². The average Bonchev–Trinajstić information content (AvgIpc) is 2.13. The lowest BCUT2D eigenvalue weighted by Crippen LogP contribution is -2.31. The van der Waals surface area contributed by atoms with Gasteiger partial charge in [-0.05, 0) is 19.1 Å². The molecule has 0 saturated heterocycles. The zero-order chi connectivity index (χ0) is 11.9. The molecule has 5 nitrogen and oxygen atoms in total. The van der Waals surface area contributed by atoms with Gasteiger partial charge in [-0.25, -0.2) is 17.9 Å². The molecule has 0 aromatic rings. The van der Waals surface area contributed by atoms with E-state index in [-0.39, 0.29) is 11.5 Å². The van der Waals surface area contributed by atoms with Crippen molar-refractivity contribution in [2.45, 2.75) is 6.92 Å². The van der Waals surface area contributed by atoms with Crippen molar-refractivity contribution >= 4 is 16.1 Å². The average molecular weight is 231 g/mol. The van der Waals surface area contributed by atoms with Gasteiger partial charge < -0.3 is 4.74 Å². The molecule has 0 atom stereocenters. The lowest BCUT2D eigenvalue weighted by atomic mass is 10.5. The number of allylic oxidation sites excluding steroid dienone is 3. The Morgan fingerprint density at radius 1 is 1.47 bits per heavy atom. The van der Waals surface area contributed by atoms with E-state index in [0.29, 0.717) is 0 Å². The van der Waals surface area contributed by atoms with Crippen LogP contribution in [0, 0.1) is 0 Å². The molecule has 0 aromatic heterocycles. The van der Waals surface area contributed by atoms with Crippen LogP contribution in [0.4, 0.5) is 4.79 Å². The van der Waals surface area contributed by atoms with E-state index in [4.69, 9.17) is 0 Å². The minimum Gasteiger partial charge on any atom is -0.449 e. The Kier molecular flexibility index (Phi) is 5.40. The van der Waals surface area contributed by atoms with Gasteiger partial charge in [-0.1, -0.05) is 19.2 Å². The topological polar surface area (TPSA) is 72.5 Å². The van der Waals surface area contributed by atoms with Crippen LogP contribution in [0.2, 0.25) is 0 Å². The Balaban J connectivity index is 4.82. The number of hydrogen-bond acceptors (Lipinski definition) is 4. The predicted molar refractivity (Wildman–Crippen MR) is 57.6 cm³/mol. The van der Waals surface area contributed by atoms with Crippen LogP contribution in [0.25, 0.3) is 0 Å². The fourth-order valence-corrected chi connectivity index (χ4v) is 1.60. The van der Waals surface area contributed by atoms with Crippen LogP contribution in [0.15, 0.2) is 36.3 Å². The molecule has 0 fully saturated rings. The fourth-order valence-electron chi connectivity index (χ4n) is 0.713. The van der Waals surface area contributed by atoms with Crippen molar-refractivity contribution in [3.05, 3.63) is 36.3 Å². The van der Waals surface area contributed by atoms with Gasteiger partial charge in [0, 0.05) is 0 Å². The van der Waals surface area contributed by atoms with E-state index in [9.17, 15) is 13.2 Å². The Morgan fingerprint density at radius 2 is 2.07 bits per heavy atom. The highest BCUT2D eigenvalue weighted by atomic mass is 32.2. The van der Waals surface area contributed by atoms with E-state index < -0.39 is 16.1 Å². The van der Waals surface area contributed by atoms with Crippen molar-refractivity contribution in [3.63, 3.8) is 0 Å². The summed E-state index contributed by atoms with van der Waals surface area (Å²) in [5.41, 5.74) is 0. The van der Waals surface area contributed by atoms with Crippen molar-refractivity contribution in [3.8, 4) is 0 Å². The SMILES string of the molecule is C=C/C=C(\C=C)S(=O)(=O)NC(=O)OCC. The van der Waals surface area contributed by atoms with Crippen molar-refractivity contribution < 1.29 is 17.9 Å². The maximum absolute atomic E-state index is 11.4. The van der Waals surface area contributed by atoms with Crippen LogP contribution in [0.3, 0.4) is 0 Å². The summed E-state index contributed by atoms with van der Waals surface area (Å²) in [7, 11) is -3.91. The van der Waals surface area contributed by atoms with E-state index in [0.717, 1.165) is 6.08 Å². The number of ether oxygens (including phenoxy) is 1. The Morgan fingerprint density at radius 3 is 2.47 bits per heavy atom. The zero-order valence-electron chi connectivity index (χ0n) is 8.39. The molecule has 6 heteroatoms. The maximum Gasteiger partial charge on any atom is 0.421 e. The molecule has 84 valence electrons. The van der Waals surface area contributed by atoms with Gasteiger partial charge in [0.2, 0.25) is 0 Å². The third-order valence-electron chi connectivity index (χ3n) is 1.29. The first-order valence-electron chi connectivity index (χ1n) is 4.12. The monoisotopic (exact) mass is 231 g/mol. The minimum atomic E-state index is -3.91. The van der Waals surface area contributed by atoms with E-state index in [1.165, 1.54) is 12.2 Å². The highest BCUT2D eigenvalue weighted by Gasteiger charge is 2.17. The highest BCUT2D eigenvalue weighted by Crippen LogP contribution is 2.05. The van der Waals surface area contributed by atoms with Crippen LogP contribution in [-0.4, -0.2) is 21.1 Å². The lowest BCUT2D eigenvalue weighted by Gasteiger charge is -2.06. The first kappa shape index (κ1) is 13.4. The summed E-state index contributed by atoms with van der Waals surface area (Å²) >= 11 is 0. The van der Waals surface area contributed by atoms with E-state index in [2.05, 4.69) is 17.9 Å². The van der Waals surface area contributed by atoms with Crippen molar-refractivity contribution in [1.29, 1.82) is 0 Å². The summed E-state index contributed by atoms with van der Waals surface area (Å²) in [4.78, 5) is 10.7. The Bertz CT molecular complexity index is 381. The predicted octanol–water partition coefficient (Wildman–Crippen LogP) is 1.32. The molecule has 0 heterocycles. The lowest BCUT2D eigenvalue weighted by molar-refractivity contribution is 0.159. The molecule has 0 rings (SSSR count). The molecule has 1 amide bonds. The van der Waals surface area contributed by atoms with Gasteiger partial charge in [0.05, 0.1) is 11.5 Å². The second-order valence-corrected chi connectivity index (χ2v) is 4.02. The normalized spacial score (nSPS) is 11.7. The van der Waals surface area contributed by atoms with Crippen LogP contribution in [0.1, 0.15) is 6.92 Å². The van der Waals surface area contributed by atoms with Gasteiger partial charge in [-0.2, -0.15) is 0 Å². The second kappa shape index (κ2) is 6.02. The third kappa shape index (κ3) is 4.46. The van der Waals surface area contributed by atoms with Gasteiger partial charge in [-0.3, -0.25) is 0 Å². The van der Waals surface area contributed by atoms with Crippen molar-refractivity contribution in [2.24, 2.45) is 0 Å². The molecule has 0 aromatic carbocycles. The summed E-state index contributed by atoms with van der Waals surface area (Å²) in [5, 5.41) is 0. The quantitative estimate of drug-likeness (QED) is 0.724. The largest absolute Gasteiger partial charge is 0.449 e. The molecule has 0 aliphatic carbocycles. The Hall–Kier alpha value is -1.56. The summed E-state index contributed by atoms with van der Waals surface area (Å²) in [6.45, 7) is 8.32. The number of rotatable bonds is 5. The van der Waals surface area contributed by atoms with Crippen molar-refractivity contribution in [1.82, 2.24) is 4.72 Å². The van der Waals surface area contributed by atoms with Gasteiger partial charge in [0.25, 0.3) is 10.0 Å². The van der Waals surface area contributed by atoms with Crippen LogP contribution < -0.4 is 4.72 Å². The number of carbonyl (C=O) groups is 1. The number of sulfonamides is 1. The summed E-state index contributed by atoms with van der Waals surface area (Å²) in [5.74, 6) is 0. The number of nitrogens with one attached hydrogen (secondary N) is 1. The fraction of sp³-hybridized carbons (Fsp3) is 0.222. The molecule has 1 N–H and O–H groups in total. The highest BCUT2D eigenvalue weighted by molar-refractivity contribution is 7.94. The van der Waals surface area contributed by atoms with Gasteiger partial charge in [-0.15, -0.1) is 0 Å². The molecular formula is C9H13NO4S. The molecule has 0 saturated carbocycles. The van der Waals surface area contributed by atoms with E-state index >= 15 is 0 Å². The zero-order valence-corrected chi connectivity index (χ0v) is 9.21. The first-order valence-corrected chi connectivity index (χ1v) is 5.61. The first-order chi connectivity index (χ1) is 6.97. The summed E-state index contributed by atoms with van der Waals surface area (Å²) in [6.07, 6.45) is 2.58. The van der Waals surface area contributed by atoms with E-state index in [1.807, 2.05) is 0 Å². The molecular weight excluding hydrogens is 218 g/mol. The Labute approximate surface area is 89.2 Å². The second-order valence-electron chi connectivity index (χ2n) is 2.33. The number of hydrogen-bond donors (Lipinski definition) is 1. The minimum absolute atomic E-state index is 0.0932. The molecule has 0 unspecified atom stereocenters. The van der Waals surface area contributed by atoms with Crippen LogP contribution in [0.5, 0.6) is 0 Å². The van der Waals surface area contributed by atoms with Crippen LogP contribution in [-0.2, 0) is 14.8 Å². The summed E-state index contributed by atoms with van der Waals surface area (Å²) < 4.78 is 29.0. The van der Waals surface area contributed by atoms with Gasteiger partial charge >= 0.3 is 6.09 Å². The molecule has 0 radical (unpaired) electrons. The van der Waals surface area contributed by atoms with Gasteiger partial charge in [0.15, 0.2) is 0 Å². The third-order valence-corrected chi connectivity index (χ3v) is 2.65. The molecule has 0 aliphatic rings. The smallest absolute Gasteiger partial charge is 0.421 e. The molecule has 0 aliphatic heterocycles. The standard InChI is InChI=1S/C9H13NO4S/c1-4-7-8(5-2)15(12,13)10-9(11)14-6-3/h4-5,7H,1-2,6H2,3H3,(H,10,11)/b8-7+. The molecule has 15 heavy (non-hydrogen) atoms. The maximum atomic E-state index is 11.4. The van der Waals surface area contributed by atoms with Crippen molar-refractivity contribution in [2.75, 3.05) is 6.61 Å². The number of carbonyl (C=O) groups excluding carboxylic acids is 1.